The summed E-state index contributed by atoms with van der Waals surface area (Å²) in [5.41, 5.74) is 0.577. The van der Waals surface area contributed by atoms with Crippen molar-refractivity contribution in [2.24, 2.45) is 5.92 Å². The van der Waals surface area contributed by atoms with Crippen LogP contribution in [0.5, 0.6) is 0 Å². The zero-order valence-electron chi connectivity index (χ0n) is 7.12. The minimum absolute atomic E-state index is 0.0952. The Morgan fingerprint density at radius 2 is 2.42 bits per heavy atom. The van der Waals surface area contributed by atoms with E-state index in [1.807, 2.05) is 6.08 Å². The van der Waals surface area contributed by atoms with Crippen LogP contribution in [-0.2, 0) is 4.79 Å². The Morgan fingerprint density at radius 3 is 3.00 bits per heavy atom. The first-order valence-electron chi connectivity index (χ1n) is 4.25. The Balaban J connectivity index is 2.55. The SMILES string of the molecule is C=CCC1CCC(=O)/C(=C\O)C1. The maximum absolute atomic E-state index is 11.1. The van der Waals surface area contributed by atoms with Gasteiger partial charge in [0.1, 0.15) is 0 Å². The summed E-state index contributed by atoms with van der Waals surface area (Å²) >= 11 is 0. The molecule has 0 heterocycles. The van der Waals surface area contributed by atoms with Crippen LogP contribution < -0.4 is 0 Å². The molecular formula is C10H14O2. The van der Waals surface area contributed by atoms with E-state index in [2.05, 4.69) is 6.58 Å². The second-order valence-corrected chi connectivity index (χ2v) is 3.21. The maximum atomic E-state index is 11.1. The lowest BCUT2D eigenvalue weighted by Crippen LogP contribution is -2.16. The summed E-state index contributed by atoms with van der Waals surface area (Å²) < 4.78 is 0. The molecule has 0 aromatic rings. The van der Waals surface area contributed by atoms with Crippen molar-refractivity contribution in [1.82, 2.24) is 0 Å². The molecule has 12 heavy (non-hydrogen) atoms. The fourth-order valence-electron chi connectivity index (χ4n) is 1.58. The largest absolute Gasteiger partial charge is 0.515 e. The summed E-state index contributed by atoms with van der Waals surface area (Å²) in [6.45, 7) is 3.66. The van der Waals surface area contributed by atoms with Gasteiger partial charge in [0.25, 0.3) is 0 Å². The molecule has 2 nitrogen and oxygen atoms in total. The molecule has 66 valence electrons. The van der Waals surface area contributed by atoms with Crippen LogP contribution in [0.4, 0.5) is 0 Å². The number of hydrogen-bond donors (Lipinski definition) is 1. The highest BCUT2D eigenvalue weighted by Crippen LogP contribution is 2.27. The predicted molar refractivity (Wildman–Crippen MR) is 47.9 cm³/mol. The minimum Gasteiger partial charge on any atom is -0.515 e. The van der Waals surface area contributed by atoms with E-state index < -0.39 is 0 Å². The number of ketones is 1. The first-order chi connectivity index (χ1) is 5.77. The number of hydrogen-bond acceptors (Lipinski definition) is 2. The third kappa shape index (κ3) is 1.97. The zero-order valence-corrected chi connectivity index (χ0v) is 7.12. The topological polar surface area (TPSA) is 37.3 Å². The van der Waals surface area contributed by atoms with Crippen molar-refractivity contribution in [3.8, 4) is 0 Å². The van der Waals surface area contributed by atoms with Crippen molar-refractivity contribution in [3.05, 3.63) is 24.5 Å². The number of Topliss-reactive ketones (excluding diaryl/α,β-unsaturated/α-hetero) is 1. The summed E-state index contributed by atoms with van der Waals surface area (Å²) in [4.78, 5) is 11.1. The fraction of sp³-hybridized carbons (Fsp3) is 0.500. The third-order valence-electron chi connectivity index (χ3n) is 2.30. The van der Waals surface area contributed by atoms with E-state index in [1.165, 1.54) is 0 Å². The molecule has 1 saturated carbocycles. The van der Waals surface area contributed by atoms with Gasteiger partial charge in [0.05, 0.1) is 6.26 Å². The van der Waals surface area contributed by atoms with Crippen molar-refractivity contribution < 1.29 is 9.90 Å². The van der Waals surface area contributed by atoms with E-state index >= 15 is 0 Å². The number of rotatable bonds is 2. The highest BCUT2D eigenvalue weighted by atomic mass is 16.2. The van der Waals surface area contributed by atoms with E-state index in [0.717, 1.165) is 19.1 Å². The molecule has 2 heteroatoms. The summed E-state index contributed by atoms with van der Waals surface area (Å²) in [5.74, 6) is 0.594. The predicted octanol–water partition coefficient (Wildman–Crippen LogP) is 2.37. The Morgan fingerprint density at radius 1 is 1.67 bits per heavy atom. The van der Waals surface area contributed by atoms with Gasteiger partial charge < -0.3 is 5.11 Å². The van der Waals surface area contributed by atoms with Gasteiger partial charge in [-0.1, -0.05) is 6.08 Å². The molecule has 0 bridgehead atoms. The Bertz CT molecular complexity index is 216. The number of carbonyl (C=O) groups is 1. The van der Waals surface area contributed by atoms with Gasteiger partial charge in [0.2, 0.25) is 0 Å². The summed E-state index contributed by atoms with van der Waals surface area (Å²) in [7, 11) is 0. The van der Waals surface area contributed by atoms with Crippen LogP contribution in [0.1, 0.15) is 25.7 Å². The van der Waals surface area contributed by atoms with Gasteiger partial charge in [-0.3, -0.25) is 4.79 Å². The molecule has 0 amide bonds. The average Bonchev–Trinajstić information content (AvgIpc) is 2.09. The van der Waals surface area contributed by atoms with Crippen LogP contribution >= 0.6 is 0 Å². The minimum atomic E-state index is 0.0952. The van der Waals surface area contributed by atoms with Gasteiger partial charge in [-0.2, -0.15) is 0 Å². The maximum Gasteiger partial charge on any atom is 0.161 e. The summed E-state index contributed by atoms with van der Waals surface area (Å²) in [5, 5.41) is 8.74. The van der Waals surface area contributed by atoms with E-state index in [1.54, 1.807) is 0 Å². The smallest absolute Gasteiger partial charge is 0.161 e. The van der Waals surface area contributed by atoms with Crippen LogP contribution in [0.15, 0.2) is 24.5 Å². The fourth-order valence-corrected chi connectivity index (χ4v) is 1.58. The molecule has 1 rings (SSSR count). The number of aliphatic hydroxyl groups excluding tert-OH is 1. The summed E-state index contributed by atoms with van der Waals surface area (Å²) in [6, 6.07) is 0. The highest BCUT2D eigenvalue weighted by Gasteiger charge is 2.22. The van der Waals surface area contributed by atoms with E-state index in [0.29, 0.717) is 24.3 Å². The van der Waals surface area contributed by atoms with Crippen molar-refractivity contribution in [3.63, 3.8) is 0 Å². The molecule has 1 fully saturated rings. The number of aliphatic hydroxyl groups is 1. The molecule has 1 atom stereocenters. The first-order valence-corrected chi connectivity index (χ1v) is 4.25. The standard InChI is InChI=1S/C10H14O2/c1-2-3-8-4-5-10(12)9(6-8)7-11/h2,7-8,11H,1,3-6H2/b9-7-. The van der Waals surface area contributed by atoms with Crippen LogP contribution in [0.2, 0.25) is 0 Å². The summed E-state index contributed by atoms with van der Waals surface area (Å²) in [6.07, 6.45) is 5.98. The molecule has 0 aromatic heterocycles. The Hall–Kier alpha value is -1.05. The van der Waals surface area contributed by atoms with Gasteiger partial charge in [-0.25, -0.2) is 0 Å². The second kappa shape index (κ2) is 4.10. The molecule has 0 radical (unpaired) electrons. The molecule has 1 aliphatic carbocycles. The normalized spacial score (nSPS) is 27.5. The number of carbonyl (C=O) groups excluding carboxylic acids is 1. The average molecular weight is 166 g/mol. The van der Waals surface area contributed by atoms with Crippen LogP contribution in [-0.4, -0.2) is 10.9 Å². The van der Waals surface area contributed by atoms with E-state index in [9.17, 15) is 4.79 Å². The van der Waals surface area contributed by atoms with Crippen LogP contribution in [0.3, 0.4) is 0 Å². The third-order valence-corrected chi connectivity index (χ3v) is 2.30. The van der Waals surface area contributed by atoms with Gasteiger partial charge in [-0.15, -0.1) is 6.58 Å². The molecule has 0 saturated heterocycles. The first kappa shape index (κ1) is 9.04. The molecule has 1 unspecified atom stereocenters. The van der Waals surface area contributed by atoms with Gasteiger partial charge in [0, 0.05) is 12.0 Å². The van der Waals surface area contributed by atoms with Gasteiger partial charge >= 0.3 is 0 Å². The van der Waals surface area contributed by atoms with Crippen molar-refractivity contribution in [1.29, 1.82) is 0 Å². The lowest BCUT2D eigenvalue weighted by Gasteiger charge is -2.20. The van der Waals surface area contributed by atoms with Crippen molar-refractivity contribution in [2.75, 3.05) is 0 Å². The molecule has 0 spiro atoms. The molecule has 1 aliphatic rings. The Kier molecular flexibility index (Phi) is 3.09. The quantitative estimate of drug-likeness (QED) is 0.388. The molecular weight excluding hydrogens is 152 g/mol. The molecule has 0 aromatic carbocycles. The van der Waals surface area contributed by atoms with Gasteiger partial charge in [-0.05, 0) is 25.2 Å². The highest BCUT2D eigenvalue weighted by molar-refractivity contribution is 5.95. The van der Waals surface area contributed by atoms with Crippen molar-refractivity contribution in [2.45, 2.75) is 25.7 Å². The second-order valence-electron chi connectivity index (χ2n) is 3.21. The monoisotopic (exact) mass is 166 g/mol. The van der Waals surface area contributed by atoms with E-state index in [-0.39, 0.29) is 5.78 Å². The molecule has 1 N–H and O–H groups in total. The lowest BCUT2D eigenvalue weighted by atomic mass is 9.83. The van der Waals surface area contributed by atoms with Crippen LogP contribution in [0.25, 0.3) is 0 Å². The van der Waals surface area contributed by atoms with E-state index in [4.69, 9.17) is 5.11 Å². The lowest BCUT2D eigenvalue weighted by molar-refractivity contribution is -0.117. The Labute approximate surface area is 72.6 Å². The van der Waals surface area contributed by atoms with Gasteiger partial charge in [0.15, 0.2) is 5.78 Å². The molecule has 0 aliphatic heterocycles. The van der Waals surface area contributed by atoms with Crippen molar-refractivity contribution >= 4 is 5.78 Å². The van der Waals surface area contributed by atoms with Crippen LogP contribution in [0, 0.1) is 5.92 Å². The number of allylic oxidation sites excluding steroid dienone is 2. The zero-order chi connectivity index (χ0) is 8.97.